The summed E-state index contributed by atoms with van der Waals surface area (Å²) in [5.41, 5.74) is 2.94. The summed E-state index contributed by atoms with van der Waals surface area (Å²) in [5.74, 6) is 1.08. The molecule has 2 aromatic carbocycles. The highest BCUT2D eigenvalue weighted by molar-refractivity contribution is 5.95. The molecule has 194 valence electrons. The number of carbonyl (C=O) groups is 2. The Bertz CT molecular complexity index is 1020. The predicted molar refractivity (Wildman–Crippen MR) is 139 cm³/mol. The molecular weight excluding hydrogens is 456 g/mol. The van der Waals surface area contributed by atoms with Crippen LogP contribution >= 0.6 is 0 Å². The van der Waals surface area contributed by atoms with Gasteiger partial charge in [0.05, 0.1) is 14.2 Å². The SMILES string of the molecule is COc1cc(OC)cc(C(=O)N2CCC(C(=O)NCc3cccc(CN4CCN(C)CC4)c3)CC2)c1. The van der Waals surface area contributed by atoms with Gasteiger partial charge in [-0.25, -0.2) is 0 Å². The lowest BCUT2D eigenvalue weighted by Gasteiger charge is -2.32. The number of hydrogen-bond acceptors (Lipinski definition) is 6. The number of ether oxygens (including phenoxy) is 2. The van der Waals surface area contributed by atoms with Gasteiger partial charge in [0.1, 0.15) is 11.5 Å². The van der Waals surface area contributed by atoms with Crippen molar-refractivity contribution < 1.29 is 19.1 Å². The van der Waals surface area contributed by atoms with Crippen LogP contribution in [-0.2, 0) is 17.9 Å². The van der Waals surface area contributed by atoms with E-state index < -0.39 is 0 Å². The number of piperidine rings is 1. The second-order valence-corrected chi connectivity index (χ2v) is 9.78. The van der Waals surface area contributed by atoms with Gasteiger partial charge in [-0.3, -0.25) is 14.5 Å². The van der Waals surface area contributed by atoms with Crippen molar-refractivity contribution in [3.8, 4) is 11.5 Å². The van der Waals surface area contributed by atoms with E-state index in [1.54, 1.807) is 37.3 Å². The Kier molecular flexibility index (Phi) is 8.83. The number of amides is 2. The van der Waals surface area contributed by atoms with E-state index in [1.165, 1.54) is 5.56 Å². The number of rotatable bonds is 8. The number of likely N-dealkylation sites (N-methyl/N-ethyl adjacent to an activating group) is 1. The van der Waals surface area contributed by atoms with Gasteiger partial charge in [0.25, 0.3) is 5.91 Å². The Hall–Kier alpha value is -3.10. The van der Waals surface area contributed by atoms with Gasteiger partial charge in [-0.05, 0) is 43.1 Å². The number of hydrogen-bond donors (Lipinski definition) is 1. The molecule has 2 aliphatic rings. The van der Waals surface area contributed by atoms with Gasteiger partial charge < -0.3 is 24.6 Å². The number of nitrogens with zero attached hydrogens (tertiary/aromatic N) is 3. The molecule has 0 bridgehead atoms. The zero-order valence-electron chi connectivity index (χ0n) is 21.7. The van der Waals surface area contributed by atoms with Crippen LogP contribution in [0.5, 0.6) is 11.5 Å². The maximum Gasteiger partial charge on any atom is 0.254 e. The molecule has 8 nitrogen and oxygen atoms in total. The molecule has 4 rings (SSSR count). The highest BCUT2D eigenvalue weighted by Crippen LogP contribution is 2.25. The molecule has 2 amide bonds. The van der Waals surface area contributed by atoms with Crippen LogP contribution in [0, 0.1) is 5.92 Å². The highest BCUT2D eigenvalue weighted by Gasteiger charge is 2.28. The minimum absolute atomic E-state index is 0.0645. The quantitative estimate of drug-likeness (QED) is 0.608. The number of methoxy groups -OCH3 is 2. The zero-order chi connectivity index (χ0) is 25.5. The van der Waals surface area contributed by atoms with E-state index >= 15 is 0 Å². The molecule has 0 radical (unpaired) electrons. The minimum atomic E-state index is -0.0811. The van der Waals surface area contributed by atoms with Crippen molar-refractivity contribution in [3.05, 3.63) is 59.2 Å². The Balaban J connectivity index is 1.25. The highest BCUT2D eigenvalue weighted by atomic mass is 16.5. The fourth-order valence-corrected chi connectivity index (χ4v) is 4.89. The molecule has 0 aromatic heterocycles. The van der Waals surface area contributed by atoms with Crippen LogP contribution in [-0.4, -0.2) is 87.0 Å². The molecule has 0 spiro atoms. The van der Waals surface area contributed by atoms with Crippen LogP contribution < -0.4 is 14.8 Å². The summed E-state index contributed by atoms with van der Waals surface area (Å²) >= 11 is 0. The van der Waals surface area contributed by atoms with Gasteiger partial charge in [-0.1, -0.05) is 24.3 Å². The van der Waals surface area contributed by atoms with Crippen molar-refractivity contribution in [1.29, 1.82) is 0 Å². The minimum Gasteiger partial charge on any atom is -0.497 e. The number of likely N-dealkylation sites (tertiary alicyclic amines) is 1. The van der Waals surface area contributed by atoms with E-state index in [9.17, 15) is 9.59 Å². The zero-order valence-corrected chi connectivity index (χ0v) is 21.7. The summed E-state index contributed by atoms with van der Waals surface area (Å²) in [6.45, 7) is 6.96. The molecule has 2 heterocycles. The molecule has 2 fully saturated rings. The first-order chi connectivity index (χ1) is 17.4. The number of benzene rings is 2. The fourth-order valence-electron chi connectivity index (χ4n) is 4.89. The van der Waals surface area contributed by atoms with Gasteiger partial charge >= 0.3 is 0 Å². The molecule has 1 N–H and O–H groups in total. The number of piperazine rings is 1. The summed E-state index contributed by atoms with van der Waals surface area (Å²) < 4.78 is 10.6. The monoisotopic (exact) mass is 494 g/mol. The van der Waals surface area contributed by atoms with Crippen LogP contribution in [0.4, 0.5) is 0 Å². The lowest BCUT2D eigenvalue weighted by molar-refractivity contribution is -0.126. The molecule has 0 aliphatic carbocycles. The third-order valence-corrected chi connectivity index (χ3v) is 7.21. The summed E-state index contributed by atoms with van der Waals surface area (Å²) in [6.07, 6.45) is 1.31. The average Bonchev–Trinajstić information content (AvgIpc) is 2.92. The first-order valence-corrected chi connectivity index (χ1v) is 12.7. The van der Waals surface area contributed by atoms with Crippen LogP contribution in [0.1, 0.15) is 34.3 Å². The molecule has 2 saturated heterocycles. The second kappa shape index (κ2) is 12.2. The lowest BCUT2D eigenvalue weighted by atomic mass is 9.95. The van der Waals surface area contributed by atoms with Crippen molar-refractivity contribution in [3.63, 3.8) is 0 Å². The first kappa shape index (κ1) is 26.0. The third-order valence-electron chi connectivity index (χ3n) is 7.21. The first-order valence-electron chi connectivity index (χ1n) is 12.7. The van der Waals surface area contributed by atoms with E-state index in [0.29, 0.717) is 49.5 Å². The average molecular weight is 495 g/mol. The molecule has 0 atom stereocenters. The Morgan fingerprint density at radius 2 is 1.53 bits per heavy atom. The van der Waals surface area contributed by atoms with E-state index in [0.717, 1.165) is 38.3 Å². The second-order valence-electron chi connectivity index (χ2n) is 9.78. The normalized spacial score (nSPS) is 17.6. The van der Waals surface area contributed by atoms with Crippen LogP contribution in [0.25, 0.3) is 0 Å². The largest absolute Gasteiger partial charge is 0.497 e. The molecule has 2 aliphatic heterocycles. The van der Waals surface area contributed by atoms with E-state index in [-0.39, 0.29) is 17.7 Å². The van der Waals surface area contributed by atoms with Gasteiger partial charge in [0.2, 0.25) is 5.91 Å². The topological polar surface area (TPSA) is 74.3 Å². The maximum atomic E-state index is 13.0. The molecule has 36 heavy (non-hydrogen) atoms. The predicted octanol–water partition coefficient (Wildman–Crippen LogP) is 2.62. The van der Waals surface area contributed by atoms with Gasteiger partial charge in [-0.15, -0.1) is 0 Å². The van der Waals surface area contributed by atoms with E-state index in [1.807, 2.05) is 0 Å². The van der Waals surface area contributed by atoms with E-state index in [2.05, 4.69) is 46.4 Å². The molecule has 0 saturated carbocycles. The van der Waals surface area contributed by atoms with Crippen molar-refractivity contribution in [2.24, 2.45) is 5.92 Å². The van der Waals surface area contributed by atoms with Gasteiger partial charge in [0, 0.05) is 69.9 Å². The molecular formula is C28H38N4O4. The standard InChI is InChI=1S/C28H38N4O4/c1-30-11-13-31(14-12-30)20-22-6-4-5-21(15-22)19-29-27(33)23-7-9-32(10-8-23)28(34)24-16-25(35-2)18-26(17-24)36-3/h4-6,15-18,23H,7-14,19-20H2,1-3H3,(H,29,33). The molecule has 8 heteroatoms. The Morgan fingerprint density at radius 1 is 0.889 bits per heavy atom. The fraction of sp³-hybridized carbons (Fsp3) is 0.500. The van der Waals surface area contributed by atoms with Crippen LogP contribution in [0.2, 0.25) is 0 Å². The summed E-state index contributed by atoms with van der Waals surface area (Å²) in [6, 6.07) is 13.7. The van der Waals surface area contributed by atoms with Crippen LogP contribution in [0.15, 0.2) is 42.5 Å². The number of nitrogens with one attached hydrogen (secondary N) is 1. The van der Waals surface area contributed by atoms with Crippen molar-refractivity contribution in [2.45, 2.75) is 25.9 Å². The van der Waals surface area contributed by atoms with Gasteiger partial charge in [-0.2, -0.15) is 0 Å². The van der Waals surface area contributed by atoms with E-state index in [4.69, 9.17) is 9.47 Å². The number of carbonyl (C=O) groups excluding carboxylic acids is 2. The van der Waals surface area contributed by atoms with Gasteiger partial charge in [0.15, 0.2) is 0 Å². The summed E-state index contributed by atoms with van der Waals surface area (Å²) in [4.78, 5) is 32.5. The Morgan fingerprint density at radius 3 is 2.17 bits per heavy atom. The van der Waals surface area contributed by atoms with Crippen molar-refractivity contribution >= 4 is 11.8 Å². The maximum absolute atomic E-state index is 13.0. The van der Waals surface area contributed by atoms with Crippen LogP contribution in [0.3, 0.4) is 0 Å². The lowest BCUT2D eigenvalue weighted by Crippen LogP contribution is -2.43. The molecule has 2 aromatic rings. The third kappa shape index (κ3) is 6.77. The molecule has 0 unspecified atom stereocenters. The summed E-state index contributed by atoms with van der Waals surface area (Å²) in [5, 5.41) is 3.12. The van der Waals surface area contributed by atoms with Crippen molar-refractivity contribution in [1.82, 2.24) is 20.0 Å². The Labute approximate surface area is 214 Å². The van der Waals surface area contributed by atoms with Crippen molar-refractivity contribution in [2.75, 3.05) is 60.5 Å². The summed E-state index contributed by atoms with van der Waals surface area (Å²) in [7, 11) is 5.30. The smallest absolute Gasteiger partial charge is 0.254 e.